The number of aromatic amines is 1. The molecule has 1 atom stereocenters. The molecule has 2 aromatic rings. The quantitative estimate of drug-likeness (QED) is 0.912. The molecule has 0 bridgehead atoms. The average molecular weight is 300 g/mol. The predicted molar refractivity (Wildman–Crippen MR) is 80.9 cm³/mol. The van der Waals surface area contributed by atoms with Crippen LogP contribution in [0.1, 0.15) is 40.3 Å². The van der Waals surface area contributed by atoms with Crippen LogP contribution in [0, 0.1) is 18.3 Å². The molecule has 0 unspecified atom stereocenters. The first kappa shape index (κ1) is 13.7. The van der Waals surface area contributed by atoms with E-state index in [0.29, 0.717) is 11.5 Å². The van der Waals surface area contributed by atoms with Gasteiger partial charge in [0.15, 0.2) is 0 Å². The molecule has 1 aliphatic heterocycles. The van der Waals surface area contributed by atoms with Crippen LogP contribution in [0.3, 0.4) is 0 Å². The number of H-pyrrole nitrogens is 1. The van der Waals surface area contributed by atoms with Gasteiger partial charge in [0.05, 0.1) is 11.5 Å². The molecule has 3 heterocycles. The van der Waals surface area contributed by atoms with Gasteiger partial charge in [-0.15, -0.1) is 16.4 Å². The monoisotopic (exact) mass is 300 g/mol. The molecule has 2 aromatic heterocycles. The Kier molecular flexibility index (Phi) is 3.43. The number of nitriles is 1. The highest BCUT2D eigenvalue weighted by molar-refractivity contribution is 7.12. The molecule has 0 fully saturated rings. The second-order valence-corrected chi connectivity index (χ2v) is 6.25. The van der Waals surface area contributed by atoms with E-state index < -0.39 is 0 Å². The van der Waals surface area contributed by atoms with Crippen molar-refractivity contribution in [3.8, 4) is 11.9 Å². The Morgan fingerprint density at radius 2 is 2.33 bits per heavy atom. The molecular weight excluding hydrogens is 284 g/mol. The fourth-order valence-electron chi connectivity index (χ4n) is 2.61. The summed E-state index contributed by atoms with van der Waals surface area (Å²) in [6.07, 6.45) is 2.15. The average Bonchev–Trinajstić information content (AvgIpc) is 3.06. The summed E-state index contributed by atoms with van der Waals surface area (Å²) in [6.45, 7) is 4.09. The van der Waals surface area contributed by atoms with Crippen LogP contribution in [0.25, 0.3) is 0 Å². The Bertz CT molecular complexity index is 750. The first-order valence-corrected chi connectivity index (χ1v) is 7.68. The molecule has 21 heavy (non-hydrogen) atoms. The number of aryl methyl sites for hydroxylation is 2. The Labute approximate surface area is 127 Å². The zero-order valence-corrected chi connectivity index (χ0v) is 12.8. The second-order valence-electron chi connectivity index (χ2n) is 5.05. The van der Waals surface area contributed by atoms with E-state index in [-0.39, 0.29) is 11.8 Å². The van der Waals surface area contributed by atoms with E-state index in [1.807, 2.05) is 6.92 Å². The normalized spacial score (nSPS) is 17.3. The number of rotatable bonds is 3. The van der Waals surface area contributed by atoms with Gasteiger partial charge in [-0.2, -0.15) is 5.26 Å². The molecule has 3 rings (SSSR count). The number of aromatic nitrogens is 2. The van der Waals surface area contributed by atoms with Crippen LogP contribution in [0.2, 0.25) is 0 Å². The Balaban J connectivity index is 2.13. The molecule has 0 saturated carbocycles. The fourth-order valence-corrected chi connectivity index (χ4v) is 3.85. The zero-order valence-electron chi connectivity index (χ0n) is 11.9. The van der Waals surface area contributed by atoms with E-state index in [1.54, 1.807) is 11.3 Å². The van der Waals surface area contributed by atoms with E-state index in [4.69, 9.17) is 10.5 Å². The molecule has 0 radical (unpaired) electrons. The van der Waals surface area contributed by atoms with Crippen molar-refractivity contribution in [2.24, 2.45) is 5.73 Å². The fraction of sp³-hybridized carbons (Fsp3) is 0.333. The lowest BCUT2D eigenvalue weighted by Crippen LogP contribution is -2.20. The smallest absolute Gasteiger partial charge is 0.244 e. The molecule has 0 saturated heterocycles. The number of thiophene rings is 1. The molecule has 1 aliphatic rings. The number of nitrogens with zero attached hydrogens (tertiary/aromatic N) is 2. The summed E-state index contributed by atoms with van der Waals surface area (Å²) in [5.74, 6) is 0.430. The van der Waals surface area contributed by atoms with Crippen molar-refractivity contribution >= 4 is 11.3 Å². The van der Waals surface area contributed by atoms with Crippen LogP contribution in [0.15, 0.2) is 23.6 Å². The van der Waals surface area contributed by atoms with E-state index in [9.17, 15) is 5.26 Å². The van der Waals surface area contributed by atoms with Gasteiger partial charge in [-0.05, 0) is 25.5 Å². The summed E-state index contributed by atoms with van der Waals surface area (Å²) < 4.78 is 5.46. The lowest BCUT2D eigenvalue weighted by atomic mass is 9.89. The molecule has 0 aliphatic carbocycles. The maximum Gasteiger partial charge on any atom is 0.244 e. The summed E-state index contributed by atoms with van der Waals surface area (Å²) >= 11 is 1.72. The van der Waals surface area contributed by atoms with Crippen molar-refractivity contribution in [2.75, 3.05) is 0 Å². The van der Waals surface area contributed by atoms with Gasteiger partial charge in [-0.3, -0.25) is 5.10 Å². The Morgan fingerprint density at radius 1 is 1.52 bits per heavy atom. The first-order chi connectivity index (χ1) is 10.2. The van der Waals surface area contributed by atoms with Gasteiger partial charge >= 0.3 is 0 Å². The summed E-state index contributed by atoms with van der Waals surface area (Å²) in [4.78, 5) is 2.42. The van der Waals surface area contributed by atoms with Gasteiger partial charge in [0.25, 0.3) is 0 Å². The van der Waals surface area contributed by atoms with Crippen molar-refractivity contribution in [1.29, 1.82) is 5.26 Å². The molecule has 0 amide bonds. The third-order valence-electron chi connectivity index (χ3n) is 3.59. The lowest BCUT2D eigenvalue weighted by Gasteiger charge is -2.22. The molecule has 3 N–H and O–H groups in total. The van der Waals surface area contributed by atoms with Crippen LogP contribution in [0.5, 0.6) is 5.88 Å². The Morgan fingerprint density at radius 3 is 3.05 bits per heavy atom. The SMILES string of the molecule is CCCc1ccc([C@H]2C(C#N)=C(N)Oc3n[nH]c(C)c32)s1. The lowest BCUT2D eigenvalue weighted by molar-refractivity contribution is 0.379. The third-order valence-corrected chi connectivity index (χ3v) is 4.80. The maximum absolute atomic E-state index is 9.46. The number of hydrogen-bond donors (Lipinski definition) is 2. The van der Waals surface area contributed by atoms with Gasteiger partial charge in [0, 0.05) is 15.4 Å². The van der Waals surface area contributed by atoms with Gasteiger partial charge in [-0.1, -0.05) is 13.3 Å². The molecular formula is C15H16N4OS. The summed E-state index contributed by atoms with van der Waals surface area (Å²) in [5.41, 5.74) is 8.16. The minimum Gasteiger partial charge on any atom is -0.420 e. The molecule has 5 nitrogen and oxygen atoms in total. The standard InChI is InChI=1S/C15H16N4OS/c1-3-4-9-5-6-11(21-9)13-10(7-16)14(17)20-15-12(13)8(2)18-19-15/h5-6,13H,3-4,17H2,1-2H3,(H,18,19)/t13-/m1/s1. The highest BCUT2D eigenvalue weighted by Gasteiger charge is 2.34. The van der Waals surface area contributed by atoms with Crippen molar-refractivity contribution < 1.29 is 4.74 Å². The highest BCUT2D eigenvalue weighted by atomic mass is 32.1. The number of allylic oxidation sites excluding steroid dienone is 1. The van der Waals surface area contributed by atoms with Crippen molar-refractivity contribution in [3.63, 3.8) is 0 Å². The summed E-state index contributed by atoms with van der Waals surface area (Å²) in [7, 11) is 0. The number of hydrogen-bond acceptors (Lipinski definition) is 5. The second kappa shape index (κ2) is 5.26. The van der Waals surface area contributed by atoms with Gasteiger partial charge < -0.3 is 10.5 Å². The topological polar surface area (TPSA) is 87.7 Å². The number of ether oxygens (including phenoxy) is 1. The van der Waals surface area contributed by atoms with Crippen molar-refractivity contribution in [1.82, 2.24) is 10.2 Å². The maximum atomic E-state index is 9.46. The van der Waals surface area contributed by atoms with E-state index in [0.717, 1.165) is 29.0 Å². The summed E-state index contributed by atoms with van der Waals surface area (Å²) in [5, 5.41) is 16.5. The van der Waals surface area contributed by atoms with Gasteiger partial charge in [0.1, 0.15) is 11.6 Å². The molecule has 0 aromatic carbocycles. The van der Waals surface area contributed by atoms with E-state index >= 15 is 0 Å². The van der Waals surface area contributed by atoms with Crippen LogP contribution in [-0.2, 0) is 6.42 Å². The molecule has 108 valence electrons. The van der Waals surface area contributed by atoms with Crippen LogP contribution in [-0.4, -0.2) is 10.2 Å². The predicted octanol–water partition coefficient (Wildman–Crippen LogP) is 2.95. The first-order valence-electron chi connectivity index (χ1n) is 6.86. The van der Waals surface area contributed by atoms with Crippen LogP contribution >= 0.6 is 11.3 Å². The highest BCUT2D eigenvalue weighted by Crippen LogP contribution is 2.44. The minimum atomic E-state index is -0.187. The van der Waals surface area contributed by atoms with Gasteiger partial charge in [0.2, 0.25) is 11.8 Å². The van der Waals surface area contributed by atoms with E-state index in [1.165, 1.54) is 4.88 Å². The number of fused-ring (bicyclic) bond motifs is 1. The molecule has 0 spiro atoms. The third kappa shape index (κ3) is 2.20. The van der Waals surface area contributed by atoms with Crippen molar-refractivity contribution in [3.05, 3.63) is 44.6 Å². The summed E-state index contributed by atoms with van der Waals surface area (Å²) in [6, 6.07) is 6.40. The minimum absolute atomic E-state index is 0.145. The number of nitrogens with two attached hydrogens (primary N) is 1. The van der Waals surface area contributed by atoms with Crippen molar-refractivity contribution in [2.45, 2.75) is 32.6 Å². The molecule has 6 heteroatoms. The zero-order chi connectivity index (χ0) is 15.0. The Hall–Kier alpha value is -2.26. The number of nitrogens with one attached hydrogen (secondary N) is 1. The van der Waals surface area contributed by atoms with Crippen LogP contribution < -0.4 is 10.5 Å². The largest absolute Gasteiger partial charge is 0.420 e. The van der Waals surface area contributed by atoms with Crippen LogP contribution in [0.4, 0.5) is 0 Å². The van der Waals surface area contributed by atoms with E-state index in [2.05, 4.69) is 35.3 Å². The van der Waals surface area contributed by atoms with Gasteiger partial charge in [-0.25, -0.2) is 0 Å².